The summed E-state index contributed by atoms with van der Waals surface area (Å²) in [6.45, 7) is 0.569. The Bertz CT molecular complexity index is 670. The van der Waals surface area contributed by atoms with Gasteiger partial charge < -0.3 is 9.80 Å². The fourth-order valence-electron chi connectivity index (χ4n) is 3.55. The number of nitrogens with zero attached hydrogens (tertiary/aromatic N) is 2. The minimum absolute atomic E-state index is 0.0505. The van der Waals surface area contributed by atoms with Crippen LogP contribution < -0.4 is 0 Å². The zero-order chi connectivity index (χ0) is 18.4. The molecule has 1 aromatic carbocycles. The molecule has 3 unspecified atom stereocenters. The predicted octanol–water partition coefficient (Wildman–Crippen LogP) is 2.89. The molecule has 4 nitrogen and oxygen atoms in total. The van der Waals surface area contributed by atoms with Gasteiger partial charge >= 0.3 is 6.18 Å². The number of hydrogen-bond donors (Lipinski definition) is 0. The zero-order valence-corrected chi connectivity index (χ0v) is 14.2. The van der Waals surface area contributed by atoms with Crippen LogP contribution in [0.15, 0.2) is 24.3 Å². The molecule has 0 radical (unpaired) electrons. The minimum Gasteiger partial charge on any atom is -0.347 e. The monoisotopic (exact) mass is 354 g/mol. The number of carbonyl (C=O) groups is 2. The minimum atomic E-state index is -4.35. The summed E-state index contributed by atoms with van der Waals surface area (Å²) in [6, 6.07) is 4.61. The quantitative estimate of drug-likeness (QED) is 0.837. The summed E-state index contributed by atoms with van der Waals surface area (Å²) in [6.07, 6.45) is -2.26. The smallest absolute Gasteiger partial charge is 0.347 e. The van der Waals surface area contributed by atoms with Gasteiger partial charge in [0.15, 0.2) is 0 Å². The Morgan fingerprint density at radius 2 is 1.80 bits per heavy atom. The molecule has 3 rings (SSSR count). The Labute approximate surface area is 144 Å². The number of halogens is 3. The van der Waals surface area contributed by atoms with Crippen molar-refractivity contribution < 1.29 is 22.8 Å². The standard InChI is InChI=1S/C18H21F3N2O2/c1-22(2)17(25)15-4-3-9-23(15)16(24)14-10-13(14)11-5-7-12(8-6-11)18(19,20)21/h5-8,13-15H,3-4,9-10H2,1-2H3. The second kappa shape index (κ2) is 6.35. The number of likely N-dealkylation sites (tertiary alicyclic amines) is 1. The molecule has 136 valence electrons. The van der Waals surface area contributed by atoms with Crippen LogP contribution in [0, 0.1) is 5.92 Å². The second-order valence-electron chi connectivity index (χ2n) is 6.99. The molecule has 1 aromatic rings. The molecule has 1 saturated heterocycles. The third kappa shape index (κ3) is 3.50. The lowest BCUT2D eigenvalue weighted by Gasteiger charge is -2.26. The maximum absolute atomic E-state index is 12.7. The first-order valence-electron chi connectivity index (χ1n) is 8.39. The van der Waals surface area contributed by atoms with Crippen molar-refractivity contribution in [3.05, 3.63) is 35.4 Å². The number of likely N-dealkylation sites (N-methyl/N-ethyl adjacent to an activating group) is 1. The van der Waals surface area contributed by atoms with Gasteiger partial charge in [-0.1, -0.05) is 12.1 Å². The lowest BCUT2D eigenvalue weighted by atomic mass is 10.1. The molecule has 2 fully saturated rings. The molecule has 0 aromatic heterocycles. The molecule has 0 N–H and O–H groups in total. The van der Waals surface area contributed by atoms with Gasteiger partial charge in [0.2, 0.25) is 11.8 Å². The van der Waals surface area contributed by atoms with Crippen molar-refractivity contribution in [2.75, 3.05) is 20.6 Å². The molecule has 2 aliphatic rings. The normalized spacial score (nSPS) is 25.8. The molecule has 1 aliphatic heterocycles. The van der Waals surface area contributed by atoms with Gasteiger partial charge in [-0.25, -0.2) is 0 Å². The maximum atomic E-state index is 12.7. The Kier molecular flexibility index (Phi) is 4.51. The van der Waals surface area contributed by atoms with Gasteiger partial charge in [-0.05, 0) is 42.9 Å². The predicted molar refractivity (Wildman–Crippen MR) is 85.7 cm³/mol. The van der Waals surface area contributed by atoms with Crippen LogP contribution in [0.3, 0.4) is 0 Å². The molecular formula is C18H21F3N2O2. The van der Waals surface area contributed by atoms with Crippen LogP contribution in [0.5, 0.6) is 0 Å². The number of carbonyl (C=O) groups excluding carboxylic acids is 2. The fraction of sp³-hybridized carbons (Fsp3) is 0.556. The summed E-state index contributed by atoms with van der Waals surface area (Å²) in [5, 5.41) is 0. The van der Waals surface area contributed by atoms with Crippen LogP contribution in [0.4, 0.5) is 13.2 Å². The van der Waals surface area contributed by atoms with E-state index >= 15 is 0 Å². The van der Waals surface area contributed by atoms with Crippen LogP contribution in [-0.4, -0.2) is 48.3 Å². The van der Waals surface area contributed by atoms with Gasteiger partial charge in [0.25, 0.3) is 0 Å². The highest BCUT2D eigenvalue weighted by Crippen LogP contribution is 2.49. The SMILES string of the molecule is CN(C)C(=O)C1CCCN1C(=O)C1CC1c1ccc(C(F)(F)F)cc1. The number of benzene rings is 1. The average Bonchev–Trinajstić information content (AvgIpc) is 3.21. The first-order valence-corrected chi connectivity index (χ1v) is 8.39. The third-order valence-corrected chi connectivity index (χ3v) is 5.04. The Morgan fingerprint density at radius 1 is 1.16 bits per heavy atom. The summed E-state index contributed by atoms with van der Waals surface area (Å²) in [4.78, 5) is 28.1. The number of amides is 2. The maximum Gasteiger partial charge on any atom is 0.416 e. The topological polar surface area (TPSA) is 40.6 Å². The van der Waals surface area contributed by atoms with Gasteiger partial charge in [0.05, 0.1) is 5.56 Å². The van der Waals surface area contributed by atoms with E-state index in [1.54, 1.807) is 19.0 Å². The van der Waals surface area contributed by atoms with Crippen molar-refractivity contribution >= 4 is 11.8 Å². The number of hydrogen-bond acceptors (Lipinski definition) is 2. The lowest BCUT2D eigenvalue weighted by Crippen LogP contribution is -2.46. The van der Waals surface area contributed by atoms with Gasteiger partial charge in [-0.15, -0.1) is 0 Å². The van der Waals surface area contributed by atoms with Crippen LogP contribution in [-0.2, 0) is 15.8 Å². The fourth-order valence-corrected chi connectivity index (χ4v) is 3.55. The van der Waals surface area contributed by atoms with E-state index in [2.05, 4.69) is 0 Å². The molecule has 25 heavy (non-hydrogen) atoms. The van der Waals surface area contributed by atoms with Gasteiger partial charge in [-0.3, -0.25) is 9.59 Å². The van der Waals surface area contributed by atoms with Gasteiger partial charge in [0.1, 0.15) is 6.04 Å². The van der Waals surface area contributed by atoms with Crippen molar-refractivity contribution in [1.82, 2.24) is 9.80 Å². The summed E-state index contributed by atoms with van der Waals surface area (Å²) in [7, 11) is 3.34. The zero-order valence-electron chi connectivity index (χ0n) is 14.2. The Hall–Kier alpha value is -2.05. The number of rotatable bonds is 3. The summed E-state index contributed by atoms with van der Waals surface area (Å²) in [5.74, 6) is -0.405. The number of alkyl halides is 3. The highest BCUT2D eigenvalue weighted by Gasteiger charge is 2.48. The van der Waals surface area contributed by atoms with Crippen molar-refractivity contribution in [2.45, 2.75) is 37.4 Å². The highest BCUT2D eigenvalue weighted by atomic mass is 19.4. The molecular weight excluding hydrogens is 333 g/mol. The van der Waals surface area contributed by atoms with Crippen molar-refractivity contribution in [2.24, 2.45) is 5.92 Å². The highest BCUT2D eigenvalue weighted by molar-refractivity contribution is 5.90. The van der Waals surface area contributed by atoms with Gasteiger partial charge in [0, 0.05) is 26.6 Å². The summed E-state index contributed by atoms with van der Waals surface area (Å²) in [5.41, 5.74) is 0.0667. The van der Waals surface area contributed by atoms with Crippen molar-refractivity contribution in [1.29, 1.82) is 0 Å². The molecule has 0 bridgehead atoms. The molecule has 3 atom stereocenters. The van der Waals surface area contributed by atoms with E-state index in [1.165, 1.54) is 17.0 Å². The van der Waals surface area contributed by atoms with E-state index in [4.69, 9.17) is 0 Å². The van der Waals surface area contributed by atoms with E-state index in [1.807, 2.05) is 0 Å². The molecule has 0 spiro atoms. The first kappa shape index (κ1) is 17.8. The van der Waals surface area contributed by atoms with Crippen LogP contribution in [0.25, 0.3) is 0 Å². The van der Waals surface area contributed by atoms with E-state index in [0.29, 0.717) is 19.4 Å². The second-order valence-corrected chi connectivity index (χ2v) is 6.99. The molecule has 1 aliphatic carbocycles. The van der Waals surface area contributed by atoms with Crippen LogP contribution >= 0.6 is 0 Å². The van der Waals surface area contributed by atoms with Crippen molar-refractivity contribution in [3.63, 3.8) is 0 Å². The molecule has 2 amide bonds. The van der Waals surface area contributed by atoms with Crippen molar-refractivity contribution in [3.8, 4) is 0 Å². The Morgan fingerprint density at radius 3 is 2.36 bits per heavy atom. The van der Waals surface area contributed by atoms with Crippen LogP contribution in [0.1, 0.15) is 36.3 Å². The summed E-state index contributed by atoms with van der Waals surface area (Å²) < 4.78 is 37.9. The molecule has 1 heterocycles. The molecule has 7 heteroatoms. The summed E-state index contributed by atoms with van der Waals surface area (Å²) >= 11 is 0. The van der Waals surface area contributed by atoms with E-state index < -0.39 is 17.8 Å². The first-order chi connectivity index (χ1) is 11.7. The Balaban J connectivity index is 1.67. The lowest BCUT2D eigenvalue weighted by molar-refractivity contribution is -0.143. The van der Waals surface area contributed by atoms with E-state index in [-0.39, 0.29) is 23.7 Å². The van der Waals surface area contributed by atoms with E-state index in [0.717, 1.165) is 24.1 Å². The largest absolute Gasteiger partial charge is 0.416 e. The third-order valence-electron chi connectivity index (χ3n) is 5.04. The van der Waals surface area contributed by atoms with Crippen LogP contribution in [0.2, 0.25) is 0 Å². The molecule has 1 saturated carbocycles. The van der Waals surface area contributed by atoms with E-state index in [9.17, 15) is 22.8 Å². The average molecular weight is 354 g/mol. The van der Waals surface area contributed by atoms with Gasteiger partial charge in [-0.2, -0.15) is 13.2 Å².